The van der Waals surface area contributed by atoms with Crippen LogP contribution in [0.1, 0.15) is 24.6 Å². The van der Waals surface area contributed by atoms with Gasteiger partial charge < -0.3 is 11.5 Å². The quantitative estimate of drug-likeness (QED) is 0.862. The molecule has 1 fully saturated rings. The molecule has 0 spiro atoms. The lowest BCUT2D eigenvalue weighted by atomic mass is 10.0. The van der Waals surface area contributed by atoms with Crippen LogP contribution in [0.3, 0.4) is 0 Å². The molecule has 14 heavy (non-hydrogen) atoms. The predicted octanol–water partition coefficient (Wildman–Crippen LogP) is 1.58. The Morgan fingerprint density at radius 3 is 2.57 bits per heavy atom. The highest BCUT2D eigenvalue weighted by atomic mass is 79.9. The molecule has 0 radical (unpaired) electrons. The van der Waals surface area contributed by atoms with Crippen molar-refractivity contribution in [1.82, 2.24) is 4.98 Å². The molecule has 4 N–H and O–H groups in total. The lowest BCUT2D eigenvalue weighted by Crippen LogP contribution is -2.36. The van der Waals surface area contributed by atoms with Gasteiger partial charge in [-0.3, -0.25) is 4.98 Å². The number of halogens is 1. The lowest BCUT2D eigenvalue weighted by Gasteiger charge is -2.18. The third-order valence-corrected chi connectivity index (χ3v) is 3.14. The van der Waals surface area contributed by atoms with Crippen LogP contribution in [0, 0.1) is 5.92 Å². The summed E-state index contributed by atoms with van der Waals surface area (Å²) >= 11 is 3.34. The van der Waals surface area contributed by atoms with Gasteiger partial charge in [-0.05, 0) is 46.8 Å². The number of aromatic nitrogens is 1. The van der Waals surface area contributed by atoms with Crippen LogP contribution in [0.4, 0.5) is 0 Å². The summed E-state index contributed by atoms with van der Waals surface area (Å²) in [6.07, 6.45) is 4.19. The van der Waals surface area contributed by atoms with Crippen molar-refractivity contribution in [1.29, 1.82) is 0 Å². The Hall–Kier alpha value is -0.450. The van der Waals surface area contributed by atoms with Gasteiger partial charge in [0.25, 0.3) is 0 Å². The van der Waals surface area contributed by atoms with Gasteiger partial charge in [0.1, 0.15) is 0 Å². The fourth-order valence-corrected chi connectivity index (χ4v) is 1.79. The van der Waals surface area contributed by atoms with Gasteiger partial charge in [-0.1, -0.05) is 0 Å². The van der Waals surface area contributed by atoms with E-state index in [4.69, 9.17) is 11.5 Å². The van der Waals surface area contributed by atoms with Gasteiger partial charge >= 0.3 is 0 Å². The zero-order valence-corrected chi connectivity index (χ0v) is 9.44. The van der Waals surface area contributed by atoms with Gasteiger partial charge in [0.15, 0.2) is 0 Å². The fourth-order valence-electron chi connectivity index (χ4n) is 1.56. The van der Waals surface area contributed by atoms with Crippen LogP contribution in [0.15, 0.2) is 22.8 Å². The highest BCUT2D eigenvalue weighted by Crippen LogP contribution is 2.35. The molecule has 76 valence electrons. The second-order valence-electron chi connectivity index (χ2n) is 3.84. The van der Waals surface area contributed by atoms with Crippen molar-refractivity contribution in [2.45, 2.75) is 24.9 Å². The molecule has 0 bridgehead atoms. The molecular formula is C10H14BrN3. The van der Waals surface area contributed by atoms with E-state index in [1.807, 2.05) is 12.1 Å². The summed E-state index contributed by atoms with van der Waals surface area (Å²) in [4.78, 5) is 4.26. The van der Waals surface area contributed by atoms with Crippen LogP contribution in [0.25, 0.3) is 0 Å². The van der Waals surface area contributed by atoms with E-state index in [0.29, 0.717) is 5.92 Å². The van der Waals surface area contributed by atoms with E-state index in [2.05, 4.69) is 20.9 Å². The molecule has 1 aliphatic rings. The minimum absolute atomic E-state index is 0.0590. The molecule has 1 aliphatic carbocycles. The van der Waals surface area contributed by atoms with E-state index in [9.17, 15) is 0 Å². The number of nitrogens with two attached hydrogens (primary N) is 2. The molecule has 3 nitrogen and oxygen atoms in total. The fraction of sp³-hybridized carbons (Fsp3) is 0.500. The van der Waals surface area contributed by atoms with Crippen molar-refractivity contribution in [3.63, 3.8) is 0 Å². The van der Waals surface area contributed by atoms with Crippen LogP contribution in [0.5, 0.6) is 0 Å². The molecule has 1 aromatic rings. The number of nitrogens with zero attached hydrogens (tertiary/aromatic N) is 1. The molecule has 0 aliphatic heterocycles. The molecule has 1 saturated carbocycles. The number of hydrogen-bond acceptors (Lipinski definition) is 3. The van der Waals surface area contributed by atoms with E-state index < -0.39 is 0 Å². The molecule has 2 atom stereocenters. The number of hydrogen-bond donors (Lipinski definition) is 2. The predicted molar refractivity (Wildman–Crippen MR) is 59.6 cm³/mol. The van der Waals surface area contributed by atoms with E-state index in [1.165, 1.54) is 12.8 Å². The van der Waals surface area contributed by atoms with E-state index >= 15 is 0 Å². The van der Waals surface area contributed by atoms with Crippen molar-refractivity contribution in [3.05, 3.63) is 28.5 Å². The topological polar surface area (TPSA) is 64.9 Å². The maximum atomic E-state index is 6.03. The number of rotatable bonds is 3. The van der Waals surface area contributed by atoms with Gasteiger partial charge in [-0.15, -0.1) is 0 Å². The first-order valence-electron chi connectivity index (χ1n) is 4.81. The SMILES string of the molecule is N[C@@H](c1ccc(Br)cn1)[C@@H](N)C1CC1. The summed E-state index contributed by atoms with van der Waals surface area (Å²) < 4.78 is 0.966. The van der Waals surface area contributed by atoms with Crippen molar-refractivity contribution < 1.29 is 0 Å². The Bertz CT molecular complexity index is 308. The van der Waals surface area contributed by atoms with Gasteiger partial charge in [-0.2, -0.15) is 0 Å². The molecule has 0 unspecified atom stereocenters. The minimum Gasteiger partial charge on any atom is -0.326 e. The first-order chi connectivity index (χ1) is 6.68. The summed E-state index contributed by atoms with van der Waals surface area (Å²) in [7, 11) is 0. The van der Waals surface area contributed by atoms with E-state index in [0.717, 1.165) is 10.2 Å². The third kappa shape index (κ3) is 2.13. The molecule has 0 aromatic carbocycles. The highest BCUT2D eigenvalue weighted by Gasteiger charge is 2.33. The molecule has 0 saturated heterocycles. The Morgan fingerprint density at radius 2 is 2.07 bits per heavy atom. The first kappa shape index (κ1) is 10.1. The largest absolute Gasteiger partial charge is 0.326 e. The summed E-state index contributed by atoms with van der Waals surface area (Å²) in [5.74, 6) is 0.607. The van der Waals surface area contributed by atoms with E-state index in [1.54, 1.807) is 6.20 Å². The van der Waals surface area contributed by atoms with Crippen LogP contribution in [-0.2, 0) is 0 Å². The lowest BCUT2D eigenvalue weighted by molar-refractivity contribution is 0.485. The molecule has 2 rings (SSSR count). The summed E-state index contributed by atoms with van der Waals surface area (Å²) in [6, 6.07) is 3.80. The maximum Gasteiger partial charge on any atom is 0.0626 e. The van der Waals surface area contributed by atoms with Crippen LogP contribution in [0.2, 0.25) is 0 Å². The second-order valence-corrected chi connectivity index (χ2v) is 4.76. The van der Waals surface area contributed by atoms with Crippen molar-refractivity contribution in [2.75, 3.05) is 0 Å². The Kier molecular flexibility index (Phi) is 2.85. The smallest absolute Gasteiger partial charge is 0.0626 e. The van der Waals surface area contributed by atoms with Crippen LogP contribution in [-0.4, -0.2) is 11.0 Å². The molecular weight excluding hydrogens is 242 g/mol. The standard InChI is InChI=1S/C10H14BrN3/c11-7-3-4-8(14-5-7)10(13)9(12)6-1-2-6/h3-6,9-10H,1-2,12-13H2/t9-,10-/m0/s1. The van der Waals surface area contributed by atoms with Crippen molar-refractivity contribution in [3.8, 4) is 0 Å². The molecule has 4 heteroatoms. The minimum atomic E-state index is -0.129. The second kappa shape index (κ2) is 3.96. The van der Waals surface area contributed by atoms with Gasteiger partial charge in [-0.25, -0.2) is 0 Å². The zero-order chi connectivity index (χ0) is 10.1. The first-order valence-corrected chi connectivity index (χ1v) is 5.60. The van der Waals surface area contributed by atoms with Gasteiger partial charge in [0, 0.05) is 16.7 Å². The van der Waals surface area contributed by atoms with Crippen LogP contribution < -0.4 is 11.5 Å². The van der Waals surface area contributed by atoms with Crippen molar-refractivity contribution in [2.24, 2.45) is 17.4 Å². The zero-order valence-electron chi connectivity index (χ0n) is 7.86. The van der Waals surface area contributed by atoms with Gasteiger partial charge in [0.2, 0.25) is 0 Å². The highest BCUT2D eigenvalue weighted by molar-refractivity contribution is 9.10. The molecule has 1 aromatic heterocycles. The summed E-state index contributed by atoms with van der Waals surface area (Å²) in [5.41, 5.74) is 12.9. The average Bonchev–Trinajstić information content (AvgIpc) is 3.00. The Labute approximate surface area is 92.0 Å². The van der Waals surface area contributed by atoms with Crippen molar-refractivity contribution >= 4 is 15.9 Å². The average molecular weight is 256 g/mol. The summed E-state index contributed by atoms with van der Waals surface area (Å²) in [6.45, 7) is 0. The normalized spacial score (nSPS) is 20.5. The Balaban J connectivity index is 2.09. The number of pyridine rings is 1. The monoisotopic (exact) mass is 255 g/mol. The maximum absolute atomic E-state index is 6.03. The van der Waals surface area contributed by atoms with Crippen LogP contribution >= 0.6 is 15.9 Å². The summed E-state index contributed by atoms with van der Waals surface area (Å²) in [5, 5.41) is 0. The van der Waals surface area contributed by atoms with Gasteiger partial charge in [0.05, 0.1) is 11.7 Å². The molecule has 0 amide bonds. The molecule has 1 heterocycles. The van der Waals surface area contributed by atoms with E-state index in [-0.39, 0.29) is 12.1 Å². The Morgan fingerprint density at radius 1 is 1.36 bits per heavy atom. The third-order valence-electron chi connectivity index (χ3n) is 2.67.